The van der Waals surface area contributed by atoms with Crippen LogP contribution in [0.2, 0.25) is 0 Å². The third-order valence-corrected chi connectivity index (χ3v) is 4.74. The van der Waals surface area contributed by atoms with E-state index in [-0.39, 0.29) is 41.5 Å². The van der Waals surface area contributed by atoms with Crippen LogP contribution in [0.1, 0.15) is 24.6 Å². The molecule has 1 aromatic heterocycles. The molecular formula is C21H19F3N4O3. The lowest BCUT2D eigenvalue weighted by molar-refractivity contribution is -0.137. The van der Waals surface area contributed by atoms with E-state index in [0.717, 1.165) is 13.3 Å². The van der Waals surface area contributed by atoms with Crippen molar-refractivity contribution in [2.45, 2.75) is 19.9 Å². The Labute approximate surface area is 176 Å². The number of aliphatic imine (C=N–C) groups is 1. The monoisotopic (exact) mass is 432 g/mol. The molecule has 2 heterocycles. The zero-order chi connectivity index (χ0) is 22.7. The third-order valence-electron chi connectivity index (χ3n) is 4.74. The van der Waals surface area contributed by atoms with Gasteiger partial charge in [-0.1, -0.05) is 6.07 Å². The number of hydrogen-bond acceptors (Lipinski definition) is 6. The molecule has 10 heteroatoms. The summed E-state index contributed by atoms with van der Waals surface area (Å²) >= 11 is 0. The topological polar surface area (TPSA) is 83.9 Å². The van der Waals surface area contributed by atoms with E-state index in [1.54, 1.807) is 0 Å². The number of rotatable bonds is 2. The number of anilines is 1. The van der Waals surface area contributed by atoms with Crippen molar-refractivity contribution in [3.8, 4) is 0 Å². The maximum Gasteiger partial charge on any atom is 0.336 e. The Kier molecular flexibility index (Phi) is 6.38. The highest BCUT2D eigenvalue weighted by atomic mass is 19.1. The maximum atomic E-state index is 14.4. The van der Waals surface area contributed by atoms with Crippen LogP contribution >= 0.6 is 0 Å². The molecule has 0 fully saturated rings. The van der Waals surface area contributed by atoms with Crippen LogP contribution in [-0.2, 0) is 20.9 Å². The second kappa shape index (κ2) is 8.99. The Morgan fingerprint density at radius 2 is 1.94 bits per heavy atom. The summed E-state index contributed by atoms with van der Waals surface area (Å²) < 4.78 is 46.4. The number of ether oxygens (including phenoxy) is 1. The summed E-state index contributed by atoms with van der Waals surface area (Å²) in [7, 11) is 2.60. The van der Waals surface area contributed by atoms with Crippen LogP contribution in [-0.4, -0.2) is 36.9 Å². The number of allylic oxidation sites excluding steroid dienone is 1. The summed E-state index contributed by atoms with van der Waals surface area (Å²) in [5, 5.41) is 2.79. The van der Waals surface area contributed by atoms with Gasteiger partial charge in [0.2, 0.25) is 5.91 Å². The highest BCUT2D eigenvalue weighted by Crippen LogP contribution is 2.25. The maximum absolute atomic E-state index is 14.4. The molecular weight excluding hydrogens is 413 g/mol. The summed E-state index contributed by atoms with van der Waals surface area (Å²) in [5.74, 6) is -3.78. The summed E-state index contributed by atoms with van der Waals surface area (Å²) in [6.45, 7) is 1.41. The molecule has 0 atom stereocenters. The van der Waals surface area contributed by atoms with Crippen LogP contribution < -0.4 is 10.2 Å². The van der Waals surface area contributed by atoms with Gasteiger partial charge in [-0.3, -0.25) is 9.79 Å². The molecule has 0 saturated heterocycles. The van der Waals surface area contributed by atoms with Crippen LogP contribution in [0.3, 0.4) is 0 Å². The lowest BCUT2D eigenvalue weighted by atomic mass is 10.1. The molecule has 0 bridgehead atoms. The number of halogens is 3. The SMILES string of the molecule is COC(=O)C1=C(C)NC(c2ncc(F)cc2F)=NCc2ccc(F)cc2N(C)C(=O)C1. The Hall–Kier alpha value is -3.69. The number of carbonyl (C=O) groups is 2. The van der Waals surface area contributed by atoms with Gasteiger partial charge in [0.1, 0.15) is 17.3 Å². The van der Waals surface area contributed by atoms with E-state index in [4.69, 9.17) is 4.74 Å². The average molecular weight is 432 g/mol. The molecule has 0 aliphatic carbocycles. The van der Waals surface area contributed by atoms with E-state index in [2.05, 4.69) is 15.3 Å². The highest BCUT2D eigenvalue weighted by Gasteiger charge is 2.25. The molecule has 1 N–H and O–H groups in total. The van der Waals surface area contributed by atoms with Crippen LogP contribution in [0, 0.1) is 17.5 Å². The minimum Gasteiger partial charge on any atom is -0.466 e. The number of amidine groups is 1. The smallest absolute Gasteiger partial charge is 0.336 e. The van der Waals surface area contributed by atoms with E-state index < -0.39 is 29.3 Å². The number of nitrogens with zero attached hydrogens (tertiary/aromatic N) is 3. The number of carbonyl (C=O) groups excluding carboxylic acids is 2. The van der Waals surface area contributed by atoms with Crippen LogP contribution in [0.5, 0.6) is 0 Å². The largest absolute Gasteiger partial charge is 0.466 e. The van der Waals surface area contributed by atoms with Gasteiger partial charge < -0.3 is 15.0 Å². The second-order valence-corrected chi connectivity index (χ2v) is 6.77. The molecule has 1 aliphatic heterocycles. The van der Waals surface area contributed by atoms with Gasteiger partial charge in [-0.2, -0.15) is 0 Å². The predicted octanol–water partition coefficient (Wildman–Crippen LogP) is 2.85. The van der Waals surface area contributed by atoms with Crippen molar-refractivity contribution in [1.29, 1.82) is 0 Å². The fourth-order valence-electron chi connectivity index (χ4n) is 3.05. The van der Waals surface area contributed by atoms with E-state index in [9.17, 15) is 22.8 Å². The summed E-state index contributed by atoms with van der Waals surface area (Å²) in [5.41, 5.74) is 0.569. The number of methoxy groups -OCH3 is 1. The van der Waals surface area contributed by atoms with Gasteiger partial charge in [0.15, 0.2) is 11.7 Å². The molecule has 162 valence electrons. The van der Waals surface area contributed by atoms with Crippen molar-refractivity contribution in [3.05, 3.63) is 70.4 Å². The van der Waals surface area contributed by atoms with Crippen molar-refractivity contribution in [2.24, 2.45) is 4.99 Å². The number of benzene rings is 1. The zero-order valence-corrected chi connectivity index (χ0v) is 17.0. The highest BCUT2D eigenvalue weighted by molar-refractivity contribution is 6.04. The van der Waals surface area contributed by atoms with Gasteiger partial charge in [-0.15, -0.1) is 0 Å². The van der Waals surface area contributed by atoms with Crippen LogP contribution in [0.15, 0.2) is 46.7 Å². The van der Waals surface area contributed by atoms with Crippen LogP contribution in [0.4, 0.5) is 18.9 Å². The number of hydrogen-bond donors (Lipinski definition) is 1. The average Bonchev–Trinajstić information content (AvgIpc) is 2.75. The third kappa shape index (κ3) is 4.73. The number of aromatic nitrogens is 1. The summed E-state index contributed by atoms with van der Waals surface area (Å²) in [4.78, 5) is 34.4. The van der Waals surface area contributed by atoms with E-state index in [1.807, 2.05) is 0 Å². The van der Waals surface area contributed by atoms with Gasteiger partial charge in [0.05, 0.1) is 37.5 Å². The standard InChI is InChI=1S/C21H19F3N4O3/c1-11-15(21(30)31-3)8-18(29)28(2)17-7-13(22)5-4-12(17)9-26-20(27-11)19-16(24)6-14(23)10-25-19/h4-7,10H,8-9H2,1-3H3,(H,26,27). The van der Waals surface area contributed by atoms with Gasteiger partial charge in [0.25, 0.3) is 0 Å². The lowest BCUT2D eigenvalue weighted by Crippen LogP contribution is -2.31. The van der Waals surface area contributed by atoms with Crippen molar-refractivity contribution >= 4 is 23.4 Å². The summed E-state index contributed by atoms with van der Waals surface area (Å²) in [6, 6.07) is 4.47. The molecule has 0 radical (unpaired) electrons. The molecule has 0 saturated carbocycles. The molecule has 0 unspecified atom stereocenters. The van der Waals surface area contributed by atoms with Crippen molar-refractivity contribution in [1.82, 2.24) is 10.3 Å². The van der Waals surface area contributed by atoms with Crippen LogP contribution in [0.25, 0.3) is 0 Å². The van der Waals surface area contributed by atoms with Crippen molar-refractivity contribution in [3.63, 3.8) is 0 Å². The van der Waals surface area contributed by atoms with Crippen molar-refractivity contribution in [2.75, 3.05) is 19.1 Å². The fourth-order valence-corrected chi connectivity index (χ4v) is 3.05. The Morgan fingerprint density at radius 3 is 2.61 bits per heavy atom. The first kappa shape index (κ1) is 22.0. The first-order chi connectivity index (χ1) is 14.7. The van der Waals surface area contributed by atoms with Gasteiger partial charge in [-0.05, 0) is 24.6 Å². The molecule has 31 heavy (non-hydrogen) atoms. The van der Waals surface area contributed by atoms with Crippen molar-refractivity contribution < 1.29 is 27.5 Å². The zero-order valence-electron chi connectivity index (χ0n) is 17.0. The molecule has 7 nitrogen and oxygen atoms in total. The lowest BCUT2D eigenvalue weighted by Gasteiger charge is -2.21. The number of fused-ring (bicyclic) bond motifs is 1. The molecule has 1 aliphatic rings. The Balaban J connectivity index is 2.20. The molecule has 1 amide bonds. The Bertz CT molecular complexity index is 1120. The van der Waals surface area contributed by atoms with E-state index in [0.29, 0.717) is 11.6 Å². The minimum absolute atomic E-state index is 0.0329. The molecule has 1 aromatic carbocycles. The quantitative estimate of drug-likeness (QED) is 0.738. The van der Waals surface area contributed by atoms with E-state index >= 15 is 0 Å². The van der Waals surface area contributed by atoms with Gasteiger partial charge in [-0.25, -0.2) is 22.9 Å². The number of pyridine rings is 1. The molecule has 3 rings (SSSR count). The second-order valence-electron chi connectivity index (χ2n) is 6.77. The summed E-state index contributed by atoms with van der Waals surface area (Å²) in [6.07, 6.45) is 0.458. The van der Waals surface area contributed by atoms with Gasteiger partial charge >= 0.3 is 5.97 Å². The van der Waals surface area contributed by atoms with Gasteiger partial charge in [0, 0.05) is 18.8 Å². The number of nitrogens with one attached hydrogen (secondary N) is 1. The number of amides is 1. The molecule has 0 spiro atoms. The first-order valence-corrected chi connectivity index (χ1v) is 9.17. The fraction of sp³-hybridized carbons (Fsp3) is 0.238. The Morgan fingerprint density at radius 1 is 1.19 bits per heavy atom. The van der Waals surface area contributed by atoms with E-state index in [1.165, 1.54) is 37.1 Å². The normalized spacial score (nSPS) is 15.0. The first-order valence-electron chi connectivity index (χ1n) is 9.17. The molecule has 2 aromatic rings. The number of esters is 1. The predicted molar refractivity (Wildman–Crippen MR) is 107 cm³/mol. The minimum atomic E-state index is -0.971.